The predicted molar refractivity (Wildman–Crippen MR) is 79.7 cm³/mol. The minimum absolute atomic E-state index is 0.0155. The third-order valence-electron chi connectivity index (χ3n) is 3.88. The summed E-state index contributed by atoms with van der Waals surface area (Å²) in [6, 6.07) is 6.98. The van der Waals surface area contributed by atoms with Gasteiger partial charge in [-0.25, -0.2) is 12.7 Å². The van der Waals surface area contributed by atoms with E-state index in [1.807, 2.05) is 6.07 Å². The highest BCUT2D eigenvalue weighted by Crippen LogP contribution is 2.37. The van der Waals surface area contributed by atoms with Crippen molar-refractivity contribution in [1.29, 1.82) is 0 Å². The molecule has 1 amide bonds. The second-order valence-electron chi connectivity index (χ2n) is 5.54. The molecule has 0 aliphatic carbocycles. The van der Waals surface area contributed by atoms with Crippen molar-refractivity contribution in [2.24, 2.45) is 0 Å². The number of nitrogens with zero attached hydrogens (tertiary/aromatic N) is 2. The maximum Gasteiger partial charge on any atom is 0.259 e. The van der Waals surface area contributed by atoms with Crippen LogP contribution in [0.2, 0.25) is 0 Å². The van der Waals surface area contributed by atoms with Gasteiger partial charge in [0.05, 0.1) is 12.1 Å². The van der Waals surface area contributed by atoms with E-state index in [4.69, 9.17) is 5.73 Å². The Hall–Kier alpha value is -2.15. The Morgan fingerprint density at radius 2 is 2.00 bits per heavy atom. The van der Waals surface area contributed by atoms with Gasteiger partial charge in [-0.1, -0.05) is 6.07 Å². The number of benzene rings is 1. The number of pyridine rings is 1. The van der Waals surface area contributed by atoms with Gasteiger partial charge in [0, 0.05) is 17.3 Å². The van der Waals surface area contributed by atoms with E-state index < -0.39 is 20.7 Å². The van der Waals surface area contributed by atoms with Gasteiger partial charge in [0.1, 0.15) is 0 Å². The average molecular weight is 305 g/mol. The van der Waals surface area contributed by atoms with Gasteiger partial charge in [-0.3, -0.25) is 9.78 Å². The molecule has 0 spiro atoms. The van der Waals surface area contributed by atoms with E-state index in [1.165, 1.54) is 13.8 Å². The summed E-state index contributed by atoms with van der Waals surface area (Å²) in [5, 5.41) is 0.750. The average Bonchev–Trinajstić information content (AvgIpc) is 2.46. The maximum atomic E-state index is 12.1. The number of carbonyl (C=O) groups is 1. The van der Waals surface area contributed by atoms with Crippen molar-refractivity contribution >= 4 is 32.5 Å². The third-order valence-corrected chi connectivity index (χ3v) is 6.22. The third kappa shape index (κ3) is 1.73. The molecule has 1 aromatic heterocycles. The molecule has 0 saturated carbocycles. The van der Waals surface area contributed by atoms with Crippen LogP contribution in [0.3, 0.4) is 0 Å². The van der Waals surface area contributed by atoms with Crippen molar-refractivity contribution in [3.05, 3.63) is 36.0 Å². The quantitative estimate of drug-likeness (QED) is 0.843. The van der Waals surface area contributed by atoms with E-state index in [0.29, 0.717) is 16.8 Å². The lowest BCUT2D eigenvalue weighted by atomic mass is 10.1. The van der Waals surface area contributed by atoms with Crippen LogP contribution >= 0.6 is 0 Å². The highest BCUT2D eigenvalue weighted by molar-refractivity contribution is 7.94. The zero-order valence-electron chi connectivity index (χ0n) is 11.7. The Morgan fingerprint density at radius 1 is 1.29 bits per heavy atom. The lowest BCUT2D eigenvalue weighted by Crippen LogP contribution is -2.66. The van der Waals surface area contributed by atoms with Gasteiger partial charge in [0.15, 0.2) is 4.75 Å². The molecule has 2 N–H and O–H groups in total. The van der Waals surface area contributed by atoms with Crippen LogP contribution < -0.4 is 5.73 Å². The molecule has 1 fully saturated rings. The molecule has 1 aliphatic rings. The molecule has 21 heavy (non-hydrogen) atoms. The minimum Gasteiger partial charge on any atom is -0.398 e. The molecule has 6 nitrogen and oxygen atoms in total. The Morgan fingerprint density at radius 3 is 2.67 bits per heavy atom. The van der Waals surface area contributed by atoms with E-state index in [9.17, 15) is 13.2 Å². The number of hydrogen-bond donors (Lipinski definition) is 1. The van der Waals surface area contributed by atoms with Crippen LogP contribution in [0, 0.1) is 0 Å². The normalized spacial score (nSPS) is 19.5. The number of nitrogen functional groups attached to an aromatic ring is 1. The Bertz CT molecular complexity index is 859. The van der Waals surface area contributed by atoms with Crippen molar-refractivity contribution in [2.45, 2.75) is 25.1 Å². The van der Waals surface area contributed by atoms with Gasteiger partial charge >= 0.3 is 0 Å². The summed E-state index contributed by atoms with van der Waals surface area (Å²) >= 11 is 0. The lowest BCUT2D eigenvalue weighted by Gasteiger charge is -2.43. The second kappa shape index (κ2) is 4.17. The van der Waals surface area contributed by atoms with Crippen molar-refractivity contribution in [2.75, 3.05) is 5.73 Å². The standard InChI is InChI=1S/C14H15N3O3S/c1-14(2)13(18)17(21(14,19)20)8-9-5-6-11(15)10-4-3-7-16-12(9)10/h3-7H,8,15H2,1-2H3. The fraction of sp³-hybridized carbons (Fsp3) is 0.286. The lowest BCUT2D eigenvalue weighted by molar-refractivity contribution is -0.132. The van der Waals surface area contributed by atoms with E-state index in [0.717, 1.165) is 9.69 Å². The summed E-state index contributed by atoms with van der Waals surface area (Å²) in [4.78, 5) is 16.3. The Labute approximate surface area is 122 Å². The molecule has 0 bridgehead atoms. The van der Waals surface area contributed by atoms with Crippen molar-refractivity contribution in [3.63, 3.8) is 0 Å². The van der Waals surface area contributed by atoms with Gasteiger partial charge in [0.2, 0.25) is 0 Å². The van der Waals surface area contributed by atoms with Gasteiger partial charge in [0.25, 0.3) is 15.9 Å². The number of nitrogens with two attached hydrogens (primary N) is 1. The zero-order valence-corrected chi connectivity index (χ0v) is 12.5. The molecule has 0 atom stereocenters. The van der Waals surface area contributed by atoms with E-state index >= 15 is 0 Å². The molecule has 110 valence electrons. The molecule has 1 aromatic carbocycles. The van der Waals surface area contributed by atoms with E-state index in [1.54, 1.807) is 24.4 Å². The fourth-order valence-corrected chi connectivity index (χ4v) is 3.95. The van der Waals surface area contributed by atoms with Crippen LogP contribution in [0.15, 0.2) is 30.5 Å². The van der Waals surface area contributed by atoms with Gasteiger partial charge in [-0.15, -0.1) is 0 Å². The monoisotopic (exact) mass is 305 g/mol. The number of aromatic nitrogens is 1. The first kappa shape index (κ1) is 13.8. The summed E-state index contributed by atoms with van der Waals surface area (Å²) in [6.45, 7) is 2.82. The molecular formula is C14H15N3O3S. The van der Waals surface area contributed by atoms with Crippen LogP contribution in [0.25, 0.3) is 10.9 Å². The number of carbonyl (C=O) groups excluding carboxylic acids is 1. The summed E-state index contributed by atoms with van der Waals surface area (Å²) < 4.78 is 23.8. The minimum atomic E-state index is -3.60. The van der Waals surface area contributed by atoms with Crippen molar-refractivity contribution in [1.82, 2.24) is 9.29 Å². The van der Waals surface area contributed by atoms with Crippen LogP contribution in [0.4, 0.5) is 5.69 Å². The van der Waals surface area contributed by atoms with Gasteiger partial charge in [-0.2, -0.15) is 0 Å². The van der Waals surface area contributed by atoms with E-state index in [2.05, 4.69) is 4.98 Å². The van der Waals surface area contributed by atoms with Crippen molar-refractivity contribution < 1.29 is 13.2 Å². The number of amides is 1. The largest absolute Gasteiger partial charge is 0.398 e. The van der Waals surface area contributed by atoms with Crippen LogP contribution in [0.1, 0.15) is 19.4 Å². The molecular weight excluding hydrogens is 290 g/mol. The van der Waals surface area contributed by atoms with Crippen LogP contribution in [-0.4, -0.2) is 28.4 Å². The first-order valence-electron chi connectivity index (χ1n) is 6.45. The van der Waals surface area contributed by atoms with Crippen LogP contribution in [-0.2, 0) is 21.4 Å². The number of fused-ring (bicyclic) bond motifs is 1. The summed E-state index contributed by atoms with van der Waals surface area (Å²) in [5.41, 5.74) is 7.73. The SMILES string of the molecule is CC1(C)C(=O)N(Cc2ccc(N)c3cccnc23)S1(=O)=O. The fourth-order valence-electron chi connectivity index (χ4n) is 2.45. The van der Waals surface area contributed by atoms with Gasteiger partial charge in [-0.05, 0) is 37.6 Å². The molecule has 1 saturated heterocycles. The molecule has 3 rings (SSSR count). The maximum absolute atomic E-state index is 12.1. The first-order chi connectivity index (χ1) is 9.76. The zero-order chi connectivity index (χ0) is 15.4. The summed E-state index contributed by atoms with van der Waals surface area (Å²) in [6.07, 6.45) is 1.61. The molecule has 2 aromatic rings. The number of sulfonamides is 1. The molecule has 1 aliphatic heterocycles. The Balaban J connectivity index is 2.05. The molecule has 0 unspecified atom stereocenters. The number of anilines is 1. The van der Waals surface area contributed by atoms with Crippen LogP contribution in [0.5, 0.6) is 0 Å². The number of rotatable bonds is 2. The number of hydrogen-bond acceptors (Lipinski definition) is 5. The summed E-state index contributed by atoms with van der Waals surface area (Å²) in [5.74, 6) is -0.400. The second-order valence-corrected chi connectivity index (χ2v) is 7.95. The Kier molecular flexibility index (Phi) is 2.75. The summed E-state index contributed by atoms with van der Waals surface area (Å²) in [7, 11) is -3.60. The van der Waals surface area contributed by atoms with Crippen molar-refractivity contribution in [3.8, 4) is 0 Å². The first-order valence-corrected chi connectivity index (χ1v) is 7.89. The van der Waals surface area contributed by atoms with Gasteiger partial charge < -0.3 is 5.73 Å². The molecule has 7 heteroatoms. The molecule has 2 heterocycles. The topological polar surface area (TPSA) is 93.4 Å². The highest BCUT2D eigenvalue weighted by atomic mass is 32.2. The highest BCUT2D eigenvalue weighted by Gasteiger charge is 2.59. The smallest absolute Gasteiger partial charge is 0.259 e. The molecule has 0 radical (unpaired) electrons. The van der Waals surface area contributed by atoms with E-state index in [-0.39, 0.29) is 6.54 Å². The predicted octanol–water partition coefficient (Wildman–Crippen LogP) is 1.27.